The number of para-hydroxylation sites is 1. The highest BCUT2D eigenvalue weighted by Crippen LogP contribution is 2.19. The second kappa shape index (κ2) is 6.73. The van der Waals surface area contributed by atoms with Gasteiger partial charge in [0.25, 0.3) is 0 Å². The van der Waals surface area contributed by atoms with Crippen molar-refractivity contribution in [3.8, 4) is 5.75 Å². The van der Waals surface area contributed by atoms with Gasteiger partial charge in [0.1, 0.15) is 12.4 Å². The average molecular weight is 272 g/mol. The lowest BCUT2D eigenvalue weighted by molar-refractivity contribution is 0.0697. The van der Waals surface area contributed by atoms with Crippen molar-refractivity contribution in [3.05, 3.63) is 65.2 Å². The summed E-state index contributed by atoms with van der Waals surface area (Å²) in [4.78, 5) is 10.8. The van der Waals surface area contributed by atoms with Crippen LogP contribution < -0.4 is 4.74 Å². The quantitative estimate of drug-likeness (QED) is 0.848. The summed E-state index contributed by atoms with van der Waals surface area (Å²) in [6.07, 6.45) is 0.550. The predicted molar refractivity (Wildman–Crippen MR) is 75.0 cm³/mol. The fourth-order valence-corrected chi connectivity index (χ4v) is 1.88. The lowest BCUT2D eigenvalue weighted by Gasteiger charge is -2.10. The zero-order valence-corrected chi connectivity index (χ0v) is 11.0. The third-order valence-corrected chi connectivity index (χ3v) is 2.95. The molecule has 0 saturated carbocycles. The molecule has 0 amide bonds. The number of aromatic carboxylic acids is 1. The van der Waals surface area contributed by atoms with E-state index in [9.17, 15) is 4.79 Å². The summed E-state index contributed by atoms with van der Waals surface area (Å²) in [5.41, 5.74) is 2.11. The number of benzene rings is 2. The van der Waals surface area contributed by atoms with Crippen LogP contribution in [-0.4, -0.2) is 22.8 Å². The van der Waals surface area contributed by atoms with E-state index in [1.807, 2.05) is 24.3 Å². The van der Waals surface area contributed by atoms with Gasteiger partial charge >= 0.3 is 5.97 Å². The Morgan fingerprint density at radius 1 is 1.05 bits per heavy atom. The first-order valence-corrected chi connectivity index (χ1v) is 6.34. The maximum absolute atomic E-state index is 10.8. The van der Waals surface area contributed by atoms with E-state index in [0.717, 1.165) is 16.9 Å². The third kappa shape index (κ3) is 3.59. The Hall–Kier alpha value is -2.33. The van der Waals surface area contributed by atoms with Crippen molar-refractivity contribution in [3.63, 3.8) is 0 Å². The van der Waals surface area contributed by atoms with Crippen molar-refractivity contribution in [1.29, 1.82) is 0 Å². The fourth-order valence-electron chi connectivity index (χ4n) is 1.88. The third-order valence-electron chi connectivity index (χ3n) is 2.95. The lowest BCUT2D eigenvalue weighted by atomic mass is 10.1. The Bertz CT molecular complexity index is 575. The first kappa shape index (κ1) is 14.1. The van der Waals surface area contributed by atoms with Crippen LogP contribution in [0.15, 0.2) is 48.5 Å². The molecule has 104 valence electrons. The van der Waals surface area contributed by atoms with Gasteiger partial charge in [-0.05, 0) is 35.7 Å². The smallest absolute Gasteiger partial charge is 0.335 e. The largest absolute Gasteiger partial charge is 0.489 e. The molecule has 0 bridgehead atoms. The Morgan fingerprint density at radius 3 is 2.40 bits per heavy atom. The standard InChI is InChI=1S/C16H16O4/c17-10-9-13-3-1-2-4-15(13)20-11-12-5-7-14(8-6-12)16(18)19/h1-8,17H,9-11H2,(H,18,19). The van der Waals surface area contributed by atoms with Gasteiger partial charge in [0.15, 0.2) is 0 Å². The minimum absolute atomic E-state index is 0.0771. The molecule has 0 radical (unpaired) electrons. The number of hydrogen-bond acceptors (Lipinski definition) is 3. The Kier molecular flexibility index (Phi) is 4.74. The molecule has 2 N–H and O–H groups in total. The molecule has 0 aliphatic rings. The van der Waals surface area contributed by atoms with Crippen LogP contribution in [0.3, 0.4) is 0 Å². The van der Waals surface area contributed by atoms with E-state index < -0.39 is 5.97 Å². The molecular weight excluding hydrogens is 256 g/mol. The van der Waals surface area contributed by atoms with Crippen molar-refractivity contribution in [1.82, 2.24) is 0 Å². The van der Waals surface area contributed by atoms with Crippen molar-refractivity contribution in [2.75, 3.05) is 6.61 Å². The van der Waals surface area contributed by atoms with Crippen LogP contribution in [0.5, 0.6) is 5.75 Å². The second-order valence-electron chi connectivity index (χ2n) is 4.37. The molecule has 2 aromatic rings. The number of carboxylic acid groups (broad SMARTS) is 1. The number of aliphatic hydroxyl groups excluding tert-OH is 1. The van der Waals surface area contributed by atoms with Crippen LogP contribution in [0.4, 0.5) is 0 Å². The van der Waals surface area contributed by atoms with E-state index in [4.69, 9.17) is 14.9 Å². The van der Waals surface area contributed by atoms with E-state index in [2.05, 4.69) is 0 Å². The Balaban J connectivity index is 2.03. The summed E-state index contributed by atoms with van der Waals surface area (Å²) in [5, 5.41) is 17.8. The van der Waals surface area contributed by atoms with E-state index in [0.29, 0.717) is 13.0 Å². The zero-order chi connectivity index (χ0) is 14.4. The highest BCUT2D eigenvalue weighted by molar-refractivity contribution is 5.87. The summed E-state index contributed by atoms with van der Waals surface area (Å²) in [5.74, 6) is -0.199. The maximum atomic E-state index is 10.8. The molecule has 0 aromatic heterocycles. The number of carbonyl (C=O) groups is 1. The minimum Gasteiger partial charge on any atom is -0.489 e. The van der Waals surface area contributed by atoms with Gasteiger partial charge in [0.05, 0.1) is 5.56 Å². The molecule has 2 aromatic carbocycles. The lowest BCUT2D eigenvalue weighted by Crippen LogP contribution is -2.01. The number of carboxylic acids is 1. The van der Waals surface area contributed by atoms with Gasteiger partial charge in [0.2, 0.25) is 0 Å². The SMILES string of the molecule is O=C(O)c1ccc(COc2ccccc2CCO)cc1. The van der Waals surface area contributed by atoms with Crippen molar-refractivity contribution in [2.24, 2.45) is 0 Å². The molecule has 0 unspecified atom stereocenters. The number of ether oxygens (including phenoxy) is 1. The van der Waals surface area contributed by atoms with E-state index in [1.54, 1.807) is 24.3 Å². The van der Waals surface area contributed by atoms with Gasteiger partial charge in [-0.15, -0.1) is 0 Å². The van der Waals surface area contributed by atoms with Gasteiger partial charge in [-0.25, -0.2) is 4.79 Å². The molecule has 0 aliphatic carbocycles. The second-order valence-corrected chi connectivity index (χ2v) is 4.37. The average Bonchev–Trinajstić information content (AvgIpc) is 2.47. The first-order chi connectivity index (χ1) is 9.70. The molecule has 0 aliphatic heterocycles. The van der Waals surface area contributed by atoms with Crippen LogP contribution in [0.25, 0.3) is 0 Å². The summed E-state index contributed by atoms with van der Waals surface area (Å²) < 4.78 is 5.72. The monoisotopic (exact) mass is 272 g/mol. The first-order valence-electron chi connectivity index (χ1n) is 6.34. The van der Waals surface area contributed by atoms with Gasteiger partial charge in [-0.1, -0.05) is 30.3 Å². The van der Waals surface area contributed by atoms with Crippen molar-refractivity contribution < 1.29 is 19.7 Å². The molecule has 0 heterocycles. The predicted octanol–water partition coefficient (Wildman–Crippen LogP) is 2.50. The van der Waals surface area contributed by atoms with Crippen LogP contribution in [-0.2, 0) is 13.0 Å². The summed E-state index contributed by atoms with van der Waals surface area (Å²) in [6.45, 7) is 0.440. The van der Waals surface area contributed by atoms with Crippen molar-refractivity contribution in [2.45, 2.75) is 13.0 Å². The molecule has 2 rings (SSSR count). The van der Waals surface area contributed by atoms with Crippen LogP contribution in [0, 0.1) is 0 Å². The molecule has 0 atom stereocenters. The van der Waals surface area contributed by atoms with Crippen LogP contribution >= 0.6 is 0 Å². The molecule has 4 heteroatoms. The normalized spacial score (nSPS) is 10.2. The number of hydrogen-bond donors (Lipinski definition) is 2. The van der Waals surface area contributed by atoms with E-state index in [-0.39, 0.29) is 12.2 Å². The Labute approximate surface area is 117 Å². The maximum Gasteiger partial charge on any atom is 0.335 e. The highest BCUT2D eigenvalue weighted by Gasteiger charge is 2.04. The molecule has 4 nitrogen and oxygen atoms in total. The zero-order valence-electron chi connectivity index (χ0n) is 11.0. The topological polar surface area (TPSA) is 66.8 Å². The fraction of sp³-hybridized carbons (Fsp3) is 0.188. The van der Waals surface area contributed by atoms with Crippen LogP contribution in [0.2, 0.25) is 0 Å². The minimum atomic E-state index is -0.939. The number of rotatable bonds is 6. The highest BCUT2D eigenvalue weighted by atomic mass is 16.5. The van der Waals surface area contributed by atoms with Gasteiger partial charge in [-0.2, -0.15) is 0 Å². The van der Waals surface area contributed by atoms with Crippen molar-refractivity contribution >= 4 is 5.97 Å². The van der Waals surface area contributed by atoms with Gasteiger partial charge in [-0.3, -0.25) is 0 Å². The molecular formula is C16H16O4. The number of aliphatic hydroxyl groups is 1. The summed E-state index contributed by atoms with van der Waals surface area (Å²) >= 11 is 0. The van der Waals surface area contributed by atoms with E-state index in [1.165, 1.54) is 0 Å². The Morgan fingerprint density at radius 2 is 1.75 bits per heavy atom. The van der Waals surface area contributed by atoms with Gasteiger partial charge in [0, 0.05) is 6.61 Å². The molecule has 0 spiro atoms. The molecule has 0 saturated heterocycles. The van der Waals surface area contributed by atoms with Gasteiger partial charge < -0.3 is 14.9 Å². The van der Waals surface area contributed by atoms with E-state index >= 15 is 0 Å². The summed E-state index contributed by atoms with van der Waals surface area (Å²) in [6, 6.07) is 14.1. The van der Waals surface area contributed by atoms with Crippen LogP contribution in [0.1, 0.15) is 21.5 Å². The summed E-state index contributed by atoms with van der Waals surface area (Å²) in [7, 11) is 0. The molecule has 0 fully saturated rings. The molecule has 20 heavy (non-hydrogen) atoms.